The fourth-order valence-electron chi connectivity index (χ4n) is 1.51. The number of nitrogens with zero attached hydrogens (tertiary/aromatic N) is 1. The number of rotatable bonds is 5. The molecule has 0 saturated carbocycles. The summed E-state index contributed by atoms with van der Waals surface area (Å²) in [4.78, 5) is 14.0. The van der Waals surface area contributed by atoms with E-state index in [0.717, 1.165) is 20.4 Å². The van der Waals surface area contributed by atoms with Crippen LogP contribution in [0.15, 0.2) is 51.6 Å². The molecular formula is C17H20INO. The second-order valence-electron chi connectivity index (χ2n) is 4.79. The first-order valence-corrected chi connectivity index (χ1v) is 7.48. The number of benzene rings is 1. The van der Waals surface area contributed by atoms with Crippen LogP contribution in [0.4, 0.5) is 5.69 Å². The first-order valence-electron chi connectivity index (χ1n) is 6.40. The van der Waals surface area contributed by atoms with Gasteiger partial charge < -0.3 is 4.90 Å². The minimum absolute atomic E-state index is 0.0376. The number of halogens is 1. The van der Waals surface area contributed by atoms with Crippen molar-refractivity contribution in [1.29, 1.82) is 0 Å². The molecule has 0 amide bonds. The van der Waals surface area contributed by atoms with Gasteiger partial charge in [0.25, 0.3) is 0 Å². The van der Waals surface area contributed by atoms with Crippen LogP contribution in [0.5, 0.6) is 0 Å². The molecule has 1 aromatic carbocycles. The van der Waals surface area contributed by atoms with Crippen molar-refractivity contribution < 1.29 is 4.79 Å². The van der Waals surface area contributed by atoms with E-state index in [0.29, 0.717) is 0 Å². The number of allylic oxidation sites excluding steroid dienone is 5. The fourth-order valence-corrected chi connectivity index (χ4v) is 1.69. The number of carbonyl (C=O) groups excluding carboxylic acids is 1. The van der Waals surface area contributed by atoms with Crippen molar-refractivity contribution in [1.82, 2.24) is 0 Å². The van der Waals surface area contributed by atoms with Crippen molar-refractivity contribution >= 4 is 40.1 Å². The molecule has 0 saturated heterocycles. The van der Waals surface area contributed by atoms with Crippen molar-refractivity contribution in [2.45, 2.75) is 13.8 Å². The van der Waals surface area contributed by atoms with Crippen LogP contribution in [0, 0.1) is 0 Å². The minimum atomic E-state index is 0.0376. The molecule has 0 aliphatic rings. The van der Waals surface area contributed by atoms with E-state index in [1.165, 1.54) is 0 Å². The highest BCUT2D eigenvalue weighted by atomic mass is 127. The van der Waals surface area contributed by atoms with Gasteiger partial charge in [-0.2, -0.15) is 0 Å². The lowest BCUT2D eigenvalue weighted by molar-refractivity contribution is -0.111. The minimum Gasteiger partial charge on any atom is -0.378 e. The third kappa shape index (κ3) is 5.74. The Morgan fingerprint density at radius 1 is 1.10 bits per heavy atom. The highest BCUT2D eigenvalue weighted by Gasteiger charge is 1.99. The Labute approximate surface area is 135 Å². The molecular weight excluding hydrogens is 361 g/mol. The summed E-state index contributed by atoms with van der Waals surface area (Å²) in [5.41, 5.74) is 2.91. The second-order valence-corrected chi connectivity index (χ2v) is 6.49. The van der Waals surface area contributed by atoms with Crippen molar-refractivity contribution in [3.63, 3.8) is 0 Å². The van der Waals surface area contributed by atoms with Gasteiger partial charge in [-0.05, 0) is 69.4 Å². The third-order valence-electron chi connectivity index (χ3n) is 2.79. The Hall–Kier alpha value is -1.36. The van der Waals surface area contributed by atoms with Crippen molar-refractivity contribution in [2.75, 3.05) is 19.0 Å². The molecule has 0 aromatic heterocycles. The summed E-state index contributed by atoms with van der Waals surface area (Å²) < 4.78 is 1.15. The number of carbonyl (C=O) groups is 1. The van der Waals surface area contributed by atoms with Crippen LogP contribution in [0.25, 0.3) is 6.08 Å². The third-order valence-corrected chi connectivity index (χ3v) is 3.15. The van der Waals surface area contributed by atoms with E-state index >= 15 is 0 Å². The smallest absolute Gasteiger partial charge is 0.181 e. The van der Waals surface area contributed by atoms with Crippen molar-refractivity contribution in [2.24, 2.45) is 0 Å². The normalized spacial score (nSPS) is 12.8. The predicted octanol–water partition coefficient (Wildman–Crippen LogP) is 4.62. The largest absolute Gasteiger partial charge is 0.378 e. The molecule has 0 N–H and O–H groups in total. The fraction of sp³-hybridized carbons (Fsp3) is 0.235. The van der Waals surface area contributed by atoms with Crippen LogP contribution in [-0.4, -0.2) is 19.9 Å². The molecule has 0 aliphatic carbocycles. The summed E-state index contributed by atoms with van der Waals surface area (Å²) in [5, 5.41) is 0. The average Bonchev–Trinajstić information content (AvgIpc) is 2.42. The molecule has 0 radical (unpaired) electrons. The monoisotopic (exact) mass is 381 g/mol. The van der Waals surface area contributed by atoms with E-state index in [4.69, 9.17) is 0 Å². The van der Waals surface area contributed by atoms with Crippen LogP contribution in [-0.2, 0) is 4.79 Å². The Balaban J connectivity index is 2.75. The van der Waals surface area contributed by atoms with Gasteiger partial charge >= 0.3 is 0 Å². The van der Waals surface area contributed by atoms with Crippen LogP contribution in [0.3, 0.4) is 0 Å². The van der Waals surface area contributed by atoms with Crippen molar-refractivity contribution in [3.8, 4) is 0 Å². The maximum Gasteiger partial charge on any atom is 0.181 e. The molecule has 0 unspecified atom stereocenters. The highest BCUT2D eigenvalue weighted by molar-refractivity contribution is 14.1. The molecule has 0 heterocycles. The SMILES string of the molecule is C/C(I)=C\C=C(/C)C(=O)/C=C/c1ccc(N(C)C)cc1. The molecule has 0 bridgehead atoms. The number of anilines is 1. The van der Waals surface area contributed by atoms with Gasteiger partial charge in [0.1, 0.15) is 0 Å². The number of ketones is 1. The van der Waals surface area contributed by atoms with Gasteiger partial charge in [0.2, 0.25) is 0 Å². The van der Waals surface area contributed by atoms with E-state index in [1.807, 2.05) is 75.3 Å². The zero-order valence-corrected chi connectivity index (χ0v) is 14.5. The lowest BCUT2D eigenvalue weighted by atomic mass is 10.1. The van der Waals surface area contributed by atoms with E-state index in [9.17, 15) is 4.79 Å². The molecule has 1 rings (SSSR count). The standard InChI is InChI=1S/C17H20INO/c1-13(5-6-14(2)18)17(20)12-9-15-7-10-16(11-8-15)19(3)4/h5-12H,1-4H3/b12-9+,13-5+,14-6+. The van der Waals surface area contributed by atoms with E-state index in [2.05, 4.69) is 22.6 Å². The maximum absolute atomic E-state index is 11.9. The van der Waals surface area contributed by atoms with Crippen LogP contribution < -0.4 is 4.90 Å². The van der Waals surface area contributed by atoms with Gasteiger partial charge in [0, 0.05) is 19.8 Å². The molecule has 20 heavy (non-hydrogen) atoms. The zero-order valence-electron chi connectivity index (χ0n) is 12.4. The highest BCUT2D eigenvalue weighted by Crippen LogP contribution is 2.13. The Kier molecular flexibility index (Phi) is 6.71. The molecule has 0 atom stereocenters. The molecule has 0 fully saturated rings. The van der Waals surface area contributed by atoms with Gasteiger partial charge in [0.05, 0.1) is 0 Å². The second kappa shape index (κ2) is 8.04. The van der Waals surface area contributed by atoms with Gasteiger partial charge in [0.15, 0.2) is 5.78 Å². The van der Waals surface area contributed by atoms with E-state index in [1.54, 1.807) is 6.08 Å². The first kappa shape index (κ1) is 16.7. The molecule has 106 valence electrons. The van der Waals surface area contributed by atoms with Gasteiger partial charge in [-0.25, -0.2) is 0 Å². The van der Waals surface area contributed by atoms with Crippen LogP contribution >= 0.6 is 22.6 Å². The predicted molar refractivity (Wildman–Crippen MR) is 96.3 cm³/mol. The maximum atomic E-state index is 11.9. The van der Waals surface area contributed by atoms with Crippen LogP contribution in [0.1, 0.15) is 19.4 Å². The van der Waals surface area contributed by atoms with Gasteiger partial charge in [-0.3, -0.25) is 4.79 Å². The van der Waals surface area contributed by atoms with Crippen LogP contribution in [0.2, 0.25) is 0 Å². The average molecular weight is 381 g/mol. The topological polar surface area (TPSA) is 20.3 Å². The summed E-state index contributed by atoms with van der Waals surface area (Å²) in [7, 11) is 4.01. The van der Waals surface area contributed by atoms with Gasteiger partial charge in [-0.15, -0.1) is 0 Å². The summed E-state index contributed by atoms with van der Waals surface area (Å²) in [6.07, 6.45) is 7.25. The molecule has 0 spiro atoms. The van der Waals surface area contributed by atoms with E-state index < -0.39 is 0 Å². The van der Waals surface area contributed by atoms with Gasteiger partial charge in [-0.1, -0.05) is 30.4 Å². The van der Waals surface area contributed by atoms with Crippen molar-refractivity contribution in [3.05, 3.63) is 57.2 Å². The first-order chi connectivity index (χ1) is 9.40. The quantitative estimate of drug-likeness (QED) is 0.422. The molecule has 2 nitrogen and oxygen atoms in total. The van der Waals surface area contributed by atoms with E-state index in [-0.39, 0.29) is 5.78 Å². The Bertz CT molecular complexity index is 547. The molecule has 3 heteroatoms. The lowest BCUT2D eigenvalue weighted by Crippen LogP contribution is -2.07. The molecule has 1 aromatic rings. The Morgan fingerprint density at radius 2 is 1.70 bits per heavy atom. The lowest BCUT2D eigenvalue weighted by Gasteiger charge is -2.11. The Morgan fingerprint density at radius 3 is 2.20 bits per heavy atom. The zero-order chi connectivity index (χ0) is 15.1. The number of hydrogen-bond acceptors (Lipinski definition) is 2. The summed E-state index contributed by atoms with van der Waals surface area (Å²) in [6, 6.07) is 8.09. The summed E-state index contributed by atoms with van der Waals surface area (Å²) in [6.45, 7) is 3.83. The summed E-state index contributed by atoms with van der Waals surface area (Å²) in [5.74, 6) is 0.0376. The summed E-state index contributed by atoms with van der Waals surface area (Å²) >= 11 is 2.22. The number of hydrogen-bond donors (Lipinski definition) is 0. The molecule has 0 aliphatic heterocycles.